The van der Waals surface area contributed by atoms with Crippen LogP contribution in [0, 0.1) is 0 Å². The van der Waals surface area contributed by atoms with Crippen LogP contribution in [0.3, 0.4) is 0 Å². The summed E-state index contributed by atoms with van der Waals surface area (Å²) in [5.41, 5.74) is 0. The molecule has 0 aliphatic carbocycles. The molecule has 5 heteroatoms. The quantitative estimate of drug-likeness (QED) is 0.586. The maximum absolute atomic E-state index is 11.0. The van der Waals surface area contributed by atoms with Crippen LogP contribution in [0.15, 0.2) is 0 Å². The lowest BCUT2D eigenvalue weighted by atomic mass is 10.2. The number of nitrogens with one attached hydrogen (secondary N) is 1. The third-order valence-corrected chi connectivity index (χ3v) is 2.50. The third kappa shape index (κ3) is 2.30. The van der Waals surface area contributed by atoms with Gasteiger partial charge in [0.25, 0.3) is 0 Å². The highest BCUT2D eigenvalue weighted by Gasteiger charge is 2.26. The van der Waals surface area contributed by atoms with Crippen molar-refractivity contribution in [3.05, 3.63) is 0 Å². The molecule has 78 valence electrons. The molecule has 0 saturated carbocycles. The largest absolute Gasteiger partial charge is 0.377 e. The van der Waals surface area contributed by atoms with E-state index in [1.165, 1.54) is 0 Å². The number of imide groups is 1. The number of nitrogens with zero attached hydrogens (tertiary/aromatic N) is 1. The van der Waals surface area contributed by atoms with E-state index in [4.69, 9.17) is 4.74 Å². The molecular weight excluding hydrogens is 184 g/mol. The summed E-state index contributed by atoms with van der Waals surface area (Å²) in [4.78, 5) is 23.9. The number of hydrogen-bond acceptors (Lipinski definition) is 4. The first-order chi connectivity index (χ1) is 6.74. The van der Waals surface area contributed by atoms with Gasteiger partial charge in [-0.3, -0.25) is 19.8 Å². The lowest BCUT2D eigenvalue weighted by Crippen LogP contribution is -2.53. The lowest BCUT2D eigenvalue weighted by Gasteiger charge is -2.27. The summed E-state index contributed by atoms with van der Waals surface area (Å²) >= 11 is 0. The van der Waals surface area contributed by atoms with Crippen LogP contribution >= 0.6 is 0 Å². The highest BCUT2D eigenvalue weighted by molar-refractivity contribution is 5.99. The normalized spacial score (nSPS) is 29.3. The smallest absolute Gasteiger partial charge is 0.240 e. The Morgan fingerprint density at radius 3 is 2.64 bits per heavy atom. The van der Waals surface area contributed by atoms with Crippen molar-refractivity contribution in [2.45, 2.75) is 18.9 Å². The molecule has 0 bridgehead atoms. The summed E-state index contributed by atoms with van der Waals surface area (Å²) < 4.78 is 5.44. The van der Waals surface area contributed by atoms with E-state index in [1.54, 1.807) is 0 Å². The maximum atomic E-state index is 11.0. The van der Waals surface area contributed by atoms with Crippen molar-refractivity contribution in [3.8, 4) is 0 Å². The molecule has 1 N–H and O–H groups in total. The van der Waals surface area contributed by atoms with Crippen LogP contribution in [0.5, 0.6) is 0 Å². The lowest BCUT2D eigenvalue weighted by molar-refractivity contribution is -0.136. The second kappa shape index (κ2) is 4.06. The Kier molecular flexibility index (Phi) is 2.79. The third-order valence-electron chi connectivity index (χ3n) is 2.50. The maximum Gasteiger partial charge on any atom is 0.240 e. The molecule has 2 amide bonds. The van der Waals surface area contributed by atoms with Gasteiger partial charge in [0.2, 0.25) is 11.8 Å². The van der Waals surface area contributed by atoms with Crippen molar-refractivity contribution in [1.29, 1.82) is 0 Å². The van der Waals surface area contributed by atoms with Crippen molar-refractivity contribution in [1.82, 2.24) is 10.2 Å². The summed E-state index contributed by atoms with van der Waals surface area (Å²) in [6.07, 6.45) is 2.32. The Labute approximate surface area is 82.4 Å². The van der Waals surface area contributed by atoms with Crippen molar-refractivity contribution in [2.24, 2.45) is 0 Å². The molecule has 1 atom stereocenters. The molecular formula is C9H14N2O3. The van der Waals surface area contributed by atoms with Gasteiger partial charge in [0.1, 0.15) is 0 Å². The molecule has 14 heavy (non-hydrogen) atoms. The molecule has 0 spiro atoms. The average molecular weight is 198 g/mol. The standard InChI is InChI=1S/C9H14N2O3/c12-8-5-11(6-9(13)10-8)4-7-2-1-3-14-7/h7H,1-6H2,(H,10,12,13). The van der Waals surface area contributed by atoms with E-state index >= 15 is 0 Å². The Hall–Kier alpha value is -0.940. The minimum atomic E-state index is -0.209. The zero-order chi connectivity index (χ0) is 9.97. The summed E-state index contributed by atoms with van der Waals surface area (Å²) in [7, 11) is 0. The summed E-state index contributed by atoms with van der Waals surface area (Å²) in [5, 5.41) is 2.27. The molecule has 0 aromatic carbocycles. The van der Waals surface area contributed by atoms with E-state index in [0.717, 1.165) is 19.4 Å². The predicted octanol–water partition coefficient (Wildman–Crippen LogP) is -0.876. The first kappa shape index (κ1) is 9.61. The SMILES string of the molecule is O=C1CN(CC2CCCO2)CC(=O)N1. The molecule has 2 saturated heterocycles. The van der Waals surface area contributed by atoms with E-state index in [2.05, 4.69) is 5.32 Å². The van der Waals surface area contributed by atoms with Gasteiger partial charge in [0.05, 0.1) is 19.2 Å². The minimum Gasteiger partial charge on any atom is -0.377 e. The van der Waals surface area contributed by atoms with Gasteiger partial charge in [-0.15, -0.1) is 0 Å². The van der Waals surface area contributed by atoms with Gasteiger partial charge in [-0.25, -0.2) is 0 Å². The van der Waals surface area contributed by atoms with Gasteiger partial charge in [-0.05, 0) is 12.8 Å². The Morgan fingerprint density at radius 1 is 1.36 bits per heavy atom. The molecule has 2 fully saturated rings. The van der Waals surface area contributed by atoms with Gasteiger partial charge in [0, 0.05) is 13.2 Å². The number of ether oxygens (including phenoxy) is 1. The number of rotatable bonds is 2. The van der Waals surface area contributed by atoms with Crippen LogP contribution in [0.2, 0.25) is 0 Å². The van der Waals surface area contributed by atoms with Crippen LogP contribution in [0.1, 0.15) is 12.8 Å². The van der Waals surface area contributed by atoms with Gasteiger partial charge in [0.15, 0.2) is 0 Å². The van der Waals surface area contributed by atoms with E-state index in [1.807, 2.05) is 4.90 Å². The van der Waals surface area contributed by atoms with E-state index in [9.17, 15) is 9.59 Å². The van der Waals surface area contributed by atoms with Crippen LogP contribution in [0.4, 0.5) is 0 Å². The second-order valence-corrected chi connectivity index (χ2v) is 3.78. The van der Waals surface area contributed by atoms with Crippen LogP contribution in [0.25, 0.3) is 0 Å². The minimum absolute atomic E-state index is 0.202. The molecule has 2 heterocycles. The van der Waals surface area contributed by atoms with E-state index < -0.39 is 0 Å². The van der Waals surface area contributed by atoms with Crippen molar-refractivity contribution in [3.63, 3.8) is 0 Å². The van der Waals surface area contributed by atoms with Crippen molar-refractivity contribution >= 4 is 11.8 Å². The molecule has 0 radical (unpaired) electrons. The van der Waals surface area contributed by atoms with Gasteiger partial charge in [-0.1, -0.05) is 0 Å². The fourth-order valence-corrected chi connectivity index (χ4v) is 1.90. The van der Waals surface area contributed by atoms with Crippen LogP contribution in [-0.2, 0) is 14.3 Å². The molecule has 1 unspecified atom stereocenters. The van der Waals surface area contributed by atoms with Crippen LogP contribution in [-0.4, -0.2) is 49.1 Å². The topological polar surface area (TPSA) is 58.6 Å². The number of amides is 2. The Morgan fingerprint density at radius 2 is 2.07 bits per heavy atom. The summed E-state index contributed by atoms with van der Waals surface area (Å²) in [5.74, 6) is -0.418. The first-order valence-electron chi connectivity index (χ1n) is 4.90. The Balaban J connectivity index is 1.84. The second-order valence-electron chi connectivity index (χ2n) is 3.78. The molecule has 2 aliphatic rings. The number of carbonyl (C=O) groups is 2. The molecule has 2 rings (SSSR count). The molecule has 5 nitrogen and oxygen atoms in total. The monoisotopic (exact) mass is 198 g/mol. The molecule has 0 aromatic rings. The van der Waals surface area contributed by atoms with Gasteiger partial charge < -0.3 is 4.74 Å². The zero-order valence-corrected chi connectivity index (χ0v) is 7.99. The highest BCUT2D eigenvalue weighted by atomic mass is 16.5. The molecule has 2 aliphatic heterocycles. The van der Waals surface area contributed by atoms with E-state index in [0.29, 0.717) is 19.6 Å². The van der Waals surface area contributed by atoms with Gasteiger partial charge >= 0.3 is 0 Å². The summed E-state index contributed by atoms with van der Waals surface area (Å²) in [6.45, 7) is 2.12. The number of carbonyl (C=O) groups excluding carboxylic acids is 2. The average Bonchev–Trinajstić information content (AvgIpc) is 2.54. The highest BCUT2D eigenvalue weighted by Crippen LogP contribution is 2.13. The number of piperazine rings is 1. The van der Waals surface area contributed by atoms with Gasteiger partial charge in [-0.2, -0.15) is 0 Å². The fourth-order valence-electron chi connectivity index (χ4n) is 1.90. The van der Waals surface area contributed by atoms with Crippen LogP contribution < -0.4 is 5.32 Å². The number of hydrogen-bond donors (Lipinski definition) is 1. The van der Waals surface area contributed by atoms with E-state index in [-0.39, 0.29) is 17.9 Å². The molecule has 0 aromatic heterocycles. The zero-order valence-electron chi connectivity index (χ0n) is 7.99. The predicted molar refractivity (Wildman–Crippen MR) is 48.6 cm³/mol. The van der Waals surface area contributed by atoms with Crippen molar-refractivity contribution < 1.29 is 14.3 Å². The Bertz CT molecular complexity index is 232. The first-order valence-corrected chi connectivity index (χ1v) is 4.90. The van der Waals surface area contributed by atoms with Crippen molar-refractivity contribution in [2.75, 3.05) is 26.2 Å². The fraction of sp³-hybridized carbons (Fsp3) is 0.778. The summed E-state index contributed by atoms with van der Waals surface area (Å²) in [6, 6.07) is 0.